The third-order valence-corrected chi connectivity index (χ3v) is 14.2. The average Bonchev–Trinajstić information content (AvgIpc) is 3.87. The second kappa shape index (κ2) is 20.8. The van der Waals surface area contributed by atoms with Gasteiger partial charge in [0.05, 0.1) is 0 Å². The largest absolute Gasteiger partial charge is 2.00 e. The number of nitrogens with zero attached hydrogens (tertiary/aromatic N) is 3. The standard InChI is InChI=1S/C68H65N3O.Pt/c1-42(2)46-24-26-48(27-25-46)51-32-33-69-62(40-51)55-36-53(47-18-13-11-14-19-47)35-54(37-55)57-22-17-23-63-65(57)70-67(61-39-52(43(3)4)38-58(44(5)6)66(61)72)71(63)64-34-45(7)59(49-20-15-12-16-21-49)41-60(64)50-28-30-56(31-29-50)68(8,9)10;/h11-36,38-44,67,72H,1-10H3;/q-2;+2/i7D3,42D;. The number of pyridine rings is 1. The zero-order chi connectivity index (χ0) is 53.8. The van der Waals surface area contributed by atoms with Crippen molar-refractivity contribution in [3.63, 3.8) is 0 Å². The van der Waals surface area contributed by atoms with E-state index in [-0.39, 0.29) is 49.6 Å². The van der Waals surface area contributed by atoms with Crippen molar-refractivity contribution in [1.82, 2.24) is 4.98 Å². The molecule has 5 heteroatoms. The monoisotopic (exact) mass is 1140 g/mol. The van der Waals surface area contributed by atoms with Crippen LogP contribution in [0.1, 0.15) is 125 Å². The molecule has 0 saturated carbocycles. The topological polar surface area (TPSA) is 50.5 Å². The number of benzene rings is 8. The van der Waals surface area contributed by atoms with E-state index in [1.165, 1.54) is 5.56 Å². The van der Waals surface area contributed by atoms with Crippen LogP contribution in [0.25, 0.3) is 72.2 Å². The smallest absolute Gasteiger partial charge is 0.665 e. The minimum Gasteiger partial charge on any atom is -0.665 e. The number of hydrogen-bond donors (Lipinski definition) is 1. The molecule has 0 spiro atoms. The van der Waals surface area contributed by atoms with Gasteiger partial charge in [-0.2, -0.15) is 0 Å². The number of fused-ring (bicyclic) bond motifs is 1. The molecule has 4 nitrogen and oxygen atoms in total. The third kappa shape index (κ3) is 10.2. The quantitative estimate of drug-likeness (QED) is 0.131. The van der Waals surface area contributed by atoms with Crippen molar-refractivity contribution in [3.8, 4) is 72.6 Å². The number of rotatable bonds is 11. The molecule has 1 unspecified atom stereocenters. The summed E-state index contributed by atoms with van der Waals surface area (Å²) in [5.41, 5.74) is 17.3. The van der Waals surface area contributed by atoms with Gasteiger partial charge in [0.1, 0.15) is 5.75 Å². The summed E-state index contributed by atoms with van der Waals surface area (Å²) in [4.78, 5) is 7.09. The molecule has 1 atom stereocenters. The third-order valence-electron chi connectivity index (χ3n) is 14.2. The van der Waals surface area contributed by atoms with Gasteiger partial charge in [0.25, 0.3) is 0 Å². The maximum atomic E-state index is 12.6. The van der Waals surface area contributed by atoms with Crippen LogP contribution in [0, 0.1) is 12.9 Å². The summed E-state index contributed by atoms with van der Waals surface area (Å²) in [6.45, 7) is 16.4. The minimum absolute atomic E-state index is 0. The van der Waals surface area contributed by atoms with E-state index in [4.69, 9.17) is 15.8 Å². The first-order valence-corrected chi connectivity index (χ1v) is 25.2. The van der Waals surface area contributed by atoms with Crippen LogP contribution in [0.4, 0.5) is 17.1 Å². The van der Waals surface area contributed by atoms with E-state index in [0.29, 0.717) is 22.5 Å². The predicted molar refractivity (Wildman–Crippen MR) is 304 cm³/mol. The van der Waals surface area contributed by atoms with E-state index in [2.05, 4.69) is 150 Å². The Bertz CT molecular complexity index is 3580. The van der Waals surface area contributed by atoms with Gasteiger partial charge in [-0.1, -0.05) is 219 Å². The van der Waals surface area contributed by atoms with Gasteiger partial charge < -0.3 is 15.3 Å². The van der Waals surface area contributed by atoms with Gasteiger partial charge in [-0.25, -0.2) is 0 Å². The van der Waals surface area contributed by atoms with Crippen molar-refractivity contribution < 1.29 is 31.7 Å². The second-order valence-electron chi connectivity index (χ2n) is 21.1. The van der Waals surface area contributed by atoms with Crippen LogP contribution in [-0.2, 0) is 26.5 Å². The summed E-state index contributed by atoms with van der Waals surface area (Å²) in [5.74, 6) is -0.394. The molecule has 0 saturated heterocycles. The number of aryl methyl sites for hydroxylation is 1. The van der Waals surface area contributed by atoms with E-state index in [1.807, 2.05) is 105 Å². The first kappa shape index (κ1) is 45.8. The zero-order valence-electron chi connectivity index (χ0n) is 47.2. The van der Waals surface area contributed by atoms with Crippen LogP contribution >= 0.6 is 0 Å². The number of phenolic OH excluding ortho intramolecular Hbond substituents is 1. The van der Waals surface area contributed by atoms with Crippen molar-refractivity contribution in [3.05, 3.63) is 227 Å². The number of anilines is 2. The predicted octanol–water partition coefficient (Wildman–Crippen LogP) is 19.4. The van der Waals surface area contributed by atoms with E-state index < -0.39 is 18.9 Å². The average molecular weight is 1140 g/mol. The van der Waals surface area contributed by atoms with Crippen LogP contribution in [0.5, 0.6) is 5.75 Å². The van der Waals surface area contributed by atoms with Crippen LogP contribution in [-0.4, -0.2) is 10.1 Å². The van der Waals surface area contributed by atoms with Gasteiger partial charge in [0.15, 0.2) is 0 Å². The van der Waals surface area contributed by atoms with Gasteiger partial charge in [-0.05, 0) is 127 Å². The Morgan fingerprint density at radius 3 is 1.88 bits per heavy atom. The number of phenols is 1. The van der Waals surface area contributed by atoms with Crippen molar-refractivity contribution >= 4 is 17.1 Å². The molecule has 73 heavy (non-hydrogen) atoms. The fraction of sp³-hybridized carbons (Fsp3) is 0.221. The Hall–Kier alpha value is -7.00. The molecule has 1 N–H and O–H groups in total. The van der Waals surface area contributed by atoms with Crippen LogP contribution in [0.15, 0.2) is 182 Å². The fourth-order valence-electron chi connectivity index (χ4n) is 9.96. The van der Waals surface area contributed by atoms with Crippen molar-refractivity contribution in [2.75, 3.05) is 4.90 Å². The molecule has 0 aliphatic carbocycles. The van der Waals surface area contributed by atoms with Crippen LogP contribution < -0.4 is 4.90 Å². The first-order valence-electron chi connectivity index (χ1n) is 27.2. The Balaban J connectivity index is 0.00000722. The summed E-state index contributed by atoms with van der Waals surface area (Å²) in [6, 6.07) is 63.3. The minimum atomic E-state index is -2.49. The van der Waals surface area contributed by atoms with E-state index >= 15 is 0 Å². The molecule has 2 heterocycles. The summed E-state index contributed by atoms with van der Waals surface area (Å²) in [5, 5.41) is 18.3. The van der Waals surface area contributed by atoms with Crippen molar-refractivity contribution in [2.45, 2.75) is 98.5 Å². The summed E-state index contributed by atoms with van der Waals surface area (Å²) >= 11 is 0. The molecule has 1 aliphatic rings. The zero-order valence-corrected chi connectivity index (χ0v) is 45.4. The van der Waals surface area contributed by atoms with Crippen molar-refractivity contribution in [2.24, 2.45) is 0 Å². The van der Waals surface area contributed by atoms with Crippen LogP contribution in [0.2, 0.25) is 0 Å². The molecule has 0 fully saturated rings. The summed E-state index contributed by atoms with van der Waals surface area (Å²) in [7, 11) is 0. The van der Waals surface area contributed by atoms with Gasteiger partial charge in [-0.3, -0.25) is 4.98 Å². The Morgan fingerprint density at radius 2 is 1.23 bits per heavy atom. The molecule has 9 aromatic rings. The maximum Gasteiger partial charge on any atom is 2.00 e. The molecule has 1 aliphatic heterocycles. The molecule has 8 aromatic carbocycles. The molecule has 0 bridgehead atoms. The number of aromatic hydroxyl groups is 1. The number of aromatic nitrogens is 1. The van der Waals surface area contributed by atoms with Gasteiger partial charge in [0, 0.05) is 34.3 Å². The fourth-order valence-corrected chi connectivity index (χ4v) is 9.96. The van der Waals surface area contributed by atoms with E-state index in [0.717, 1.165) is 83.7 Å². The van der Waals surface area contributed by atoms with E-state index in [9.17, 15) is 5.11 Å². The number of para-hydroxylation sites is 1. The molecular weight excluding hydrogens is 1070 g/mol. The van der Waals surface area contributed by atoms with E-state index in [1.54, 1.807) is 0 Å². The summed E-state index contributed by atoms with van der Waals surface area (Å²) < 4.78 is 35.9. The van der Waals surface area contributed by atoms with Crippen molar-refractivity contribution in [1.29, 1.82) is 0 Å². The molecule has 1 aromatic heterocycles. The Labute approximate surface area is 454 Å². The summed E-state index contributed by atoms with van der Waals surface area (Å²) in [6.07, 6.45) is 1.02. The Kier molecular flexibility index (Phi) is 13.1. The molecule has 10 rings (SSSR count). The van der Waals surface area contributed by atoms with Crippen LogP contribution in [0.3, 0.4) is 0 Å². The van der Waals surface area contributed by atoms with Gasteiger partial charge in [-0.15, -0.1) is 29.4 Å². The van der Waals surface area contributed by atoms with Gasteiger partial charge >= 0.3 is 21.1 Å². The molecule has 0 radical (unpaired) electrons. The molecular formula is C68H65N3OPt. The van der Waals surface area contributed by atoms with Gasteiger partial charge in [0.2, 0.25) is 0 Å². The SMILES string of the molecule is [2H]C([2H])([2H])c1cc(N2c3cccc(-c4[c-]c(-c5cc(-c6ccc(C([2H])(C)C)cc6)ccn5)cc(-c5ccccc5)c4)c3[N-]C2c2cc(C(C)C)cc(C(C)C)c2O)c(-c2ccc(C(C)(C)C)cc2)cc1-c1ccccc1.[Pt+2]. The Morgan fingerprint density at radius 1 is 0.589 bits per heavy atom. The first-order chi connectivity index (χ1) is 36.1. The maximum absolute atomic E-state index is 12.6. The normalized spacial score (nSPS) is 14.5. The molecule has 368 valence electrons. The molecule has 0 amide bonds. The number of hydrogen-bond acceptors (Lipinski definition) is 3. The second-order valence-corrected chi connectivity index (χ2v) is 21.1.